The van der Waals surface area contributed by atoms with Crippen LogP contribution in [0.25, 0.3) is 0 Å². The van der Waals surface area contributed by atoms with E-state index in [1.807, 2.05) is 0 Å². The zero-order valence-electron chi connectivity index (χ0n) is 12.9. The lowest BCUT2D eigenvalue weighted by molar-refractivity contribution is 0.0999. The van der Waals surface area contributed by atoms with Gasteiger partial charge in [0.2, 0.25) is 0 Å². The lowest BCUT2D eigenvalue weighted by Crippen LogP contribution is -2.39. The normalized spacial score (nSPS) is 16.2. The van der Waals surface area contributed by atoms with Gasteiger partial charge in [0.25, 0.3) is 5.91 Å². The van der Waals surface area contributed by atoms with E-state index in [9.17, 15) is 13.2 Å². The van der Waals surface area contributed by atoms with E-state index in [4.69, 9.17) is 17.2 Å². The van der Waals surface area contributed by atoms with Crippen LogP contribution in [0.2, 0.25) is 0 Å². The van der Waals surface area contributed by atoms with Crippen LogP contribution >= 0.6 is 0 Å². The van der Waals surface area contributed by atoms with Crippen molar-refractivity contribution in [2.75, 3.05) is 24.2 Å². The zero-order chi connectivity index (χ0) is 17.2. The Morgan fingerprint density at radius 3 is 2.39 bits per heavy atom. The van der Waals surface area contributed by atoms with Crippen molar-refractivity contribution in [1.29, 1.82) is 0 Å². The van der Waals surface area contributed by atoms with Crippen molar-refractivity contribution in [2.45, 2.75) is 23.8 Å². The molecule has 23 heavy (non-hydrogen) atoms. The molecule has 0 spiro atoms. The van der Waals surface area contributed by atoms with Crippen LogP contribution in [-0.2, 0) is 9.84 Å². The third-order valence-electron chi connectivity index (χ3n) is 3.73. The third-order valence-corrected chi connectivity index (χ3v) is 4.88. The number of hydrogen-bond acceptors (Lipinski definition) is 5. The van der Waals surface area contributed by atoms with Gasteiger partial charge < -0.3 is 22.1 Å². The number of anilines is 1. The average Bonchev–Trinajstić information content (AvgIpc) is 2.45. The van der Waals surface area contributed by atoms with E-state index >= 15 is 0 Å². The average molecular weight is 339 g/mol. The molecule has 1 fully saturated rings. The summed E-state index contributed by atoms with van der Waals surface area (Å²) in [7, 11) is -3.58. The summed E-state index contributed by atoms with van der Waals surface area (Å²) in [6.45, 7) is 1.49. The molecular formula is C14H21N5O3S. The van der Waals surface area contributed by atoms with E-state index in [2.05, 4.69) is 9.89 Å². The van der Waals surface area contributed by atoms with Gasteiger partial charge >= 0.3 is 0 Å². The molecule has 0 unspecified atom stereocenters. The first-order valence-corrected chi connectivity index (χ1v) is 9.06. The molecule has 1 saturated heterocycles. The predicted octanol–water partition coefficient (Wildman–Crippen LogP) is -0.569. The molecule has 0 aromatic heterocycles. The number of nitrogens with two attached hydrogens (primary N) is 3. The Balaban J connectivity index is 2.45. The minimum atomic E-state index is -3.58. The molecule has 0 saturated carbocycles. The number of hydrogen-bond donors (Lipinski definition) is 3. The van der Waals surface area contributed by atoms with E-state index < -0.39 is 21.7 Å². The van der Waals surface area contributed by atoms with Gasteiger partial charge in [-0.25, -0.2) is 8.42 Å². The Morgan fingerprint density at radius 2 is 1.87 bits per heavy atom. The predicted molar refractivity (Wildman–Crippen MR) is 89.1 cm³/mol. The molecule has 1 amide bonds. The molecule has 126 valence electrons. The highest BCUT2D eigenvalue weighted by Crippen LogP contribution is 2.26. The molecule has 1 aromatic rings. The number of amides is 1. The van der Waals surface area contributed by atoms with E-state index in [1.165, 1.54) is 12.1 Å². The maximum atomic E-state index is 12.2. The molecule has 1 aliphatic rings. The van der Waals surface area contributed by atoms with Crippen LogP contribution < -0.4 is 22.1 Å². The van der Waals surface area contributed by atoms with E-state index in [0.29, 0.717) is 0 Å². The summed E-state index contributed by atoms with van der Waals surface area (Å²) in [4.78, 5) is 17.6. The highest BCUT2D eigenvalue weighted by Gasteiger charge is 2.22. The molecule has 0 atom stereocenters. The van der Waals surface area contributed by atoms with Crippen molar-refractivity contribution in [3.63, 3.8) is 0 Å². The smallest absolute Gasteiger partial charge is 0.281 e. The number of aliphatic imine (C=N–C) groups is 1. The molecule has 6 N–H and O–H groups in total. The Hall–Kier alpha value is -2.13. The molecule has 0 aliphatic carbocycles. The van der Waals surface area contributed by atoms with Gasteiger partial charge in [0.1, 0.15) is 0 Å². The summed E-state index contributed by atoms with van der Waals surface area (Å²) < 4.78 is 23.8. The Labute approximate surface area is 135 Å². The Bertz CT molecular complexity index is 733. The van der Waals surface area contributed by atoms with Crippen LogP contribution in [-0.4, -0.2) is 45.7 Å². The third kappa shape index (κ3) is 4.20. The first kappa shape index (κ1) is 17.2. The number of guanidine groups is 1. The van der Waals surface area contributed by atoms with E-state index in [0.717, 1.165) is 37.9 Å². The molecule has 0 radical (unpaired) electrons. The number of rotatable bonds is 3. The first-order chi connectivity index (χ1) is 10.7. The van der Waals surface area contributed by atoms with E-state index in [-0.39, 0.29) is 16.5 Å². The number of piperidine rings is 1. The van der Waals surface area contributed by atoms with Crippen molar-refractivity contribution in [2.24, 2.45) is 22.2 Å². The number of benzene rings is 1. The maximum Gasteiger partial charge on any atom is 0.281 e. The summed E-state index contributed by atoms with van der Waals surface area (Å²) in [5.74, 6) is -1.19. The maximum absolute atomic E-state index is 12.2. The summed E-state index contributed by atoms with van der Waals surface area (Å²) in [6, 6.07) is 4.78. The van der Waals surface area contributed by atoms with Crippen molar-refractivity contribution in [3.8, 4) is 0 Å². The fraction of sp³-hybridized carbons (Fsp3) is 0.429. The second-order valence-electron chi connectivity index (χ2n) is 5.62. The molecule has 2 rings (SSSR count). The quantitative estimate of drug-likeness (QED) is 0.494. The molecule has 8 nitrogen and oxygen atoms in total. The molecule has 0 bridgehead atoms. The fourth-order valence-electron chi connectivity index (χ4n) is 2.54. The standard InChI is InChI=1S/C14H21N5O3S/c1-23(21,22)12-3-2-10(19-6-4-9(15)5-7-19)8-11(12)13(20)18-14(16)17/h2-3,8-9H,4-7,15H2,1H3,(H4,16,17,18,20). The second kappa shape index (κ2) is 6.55. The van der Waals surface area contributed by atoms with Gasteiger partial charge in [-0.3, -0.25) is 4.79 Å². The largest absolute Gasteiger partial charge is 0.371 e. The molecule has 9 heteroatoms. The molecular weight excluding hydrogens is 318 g/mol. The lowest BCUT2D eigenvalue weighted by atomic mass is 10.0. The van der Waals surface area contributed by atoms with Gasteiger partial charge in [-0.2, -0.15) is 4.99 Å². The van der Waals surface area contributed by atoms with Gasteiger partial charge in [-0.1, -0.05) is 0 Å². The molecule has 1 heterocycles. The van der Waals surface area contributed by atoms with E-state index in [1.54, 1.807) is 6.07 Å². The van der Waals surface area contributed by atoms with Crippen molar-refractivity contribution in [1.82, 2.24) is 0 Å². The minimum absolute atomic E-state index is 0.0340. The summed E-state index contributed by atoms with van der Waals surface area (Å²) in [5, 5.41) is 0. The van der Waals surface area contributed by atoms with Gasteiger partial charge in [0.15, 0.2) is 15.8 Å². The Kier molecular flexibility index (Phi) is 4.90. The number of nitrogens with zero attached hydrogens (tertiary/aromatic N) is 2. The number of sulfone groups is 1. The molecule has 1 aromatic carbocycles. The zero-order valence-corrected chi connectivity index (χ0v) is 13.7. The van der Waals surface area contributed by atoms with Crippen LogP contribution in [0.15, 0.2) is 28.1 Å². The van der Waals surface area contributed by atoms with Crippen LogP contribution in [0.1, 0.15) is 23.2 Å². The van der Waals surface area contributed by atoms with Crippen LogP contribution in [0, 0.1) is 0 Å². The second-order valence-corrected chi connectivity index (χ2v) is 7.60. The van der Waals surface area contributed by atoms with Gasteiger partial charge in [0.05, 0.1) is 10.5 Å². The first-order valence-electron chi connectivity index (χ1n) is 7.17. The van der Waals surface area contributed by atoms with Crippen molar-refractivity contribution < 1.29 is 13.2 Å². The van der Waals surface area contributed by atoms with Crippen LogP contribution in [0.5, 0.6) is 0 Å². The van der Waals surface area contributed by atoms with Crippen molar-refractivity contribution in [3.05, 3.63) is 23.8 Å². The van der Waals surface area contributed by atoms with Gasteiger partial charge in [0, 0.05) is 31.1 Å². The minimum Gasteiger partial charge on any atom is -0.371 e. The number of carbonyl (C=O) groups excluding carboxylic acids is 1. The fourth-order valence-corrected chi connectivity index (χ4v) is 3.40. The number of carbonyl (C=O) groups is 1. The summed E-state index contributed by atoms with van der Waals surface area (Å²) in [6.07, 6.45) is 2.71. The highest BCUT2D eigenvalue weighted by atomic mass is 32.2. The summed E-state index contributed by atoms with van der Waals surface area (Å²) >= 11 is 0. The topological polar surface area (TPSA) is 145 Å². The van der Waals surface area contributed by atoms with Crippen LogP contribution in [0.3, 0.4) is 0 Å². The van der Waals surface area contributed by atoms with Gasteiger partial charge in [-0.15, -0.1) is 0 Å². The summed E-state index contributed by atoms with van der Waals surface area (Å²) in [5.41, 5.74) is 17.0. The van der Waals surface area contributed by atoms with Crippen molar-refractivity contribution >= 4 is 27.4 Å². The lowest BCUT2D eigenvalue weighted by Gasteiger charge is -2.32. The van der Waals surface area contributed by atoms with Crippen LogP contribution in [0.4, 0.5) is 5.69 Å². The van der Waals surface area contributed by atoms with Gasteiger partial charge in [-0.05, 0) is 31.0 Å². The monoisotopic (exact) mass is 339 g/mol. The highest BCUT2D eigenvalue weighted by molar-refractivity contribution is 7.90. The molecule has 1 aliphatic heterocycles. The SMILES string of the molecule is CS(=O)(=O)c1ccc(N2CCC(N)CC2)cc1C(=O)N=C(N)N. The Morgan fingerprint density at radius 1 is 1.26 bits per heavy atom.